The van der Waals surface area contributed by atoms with Crippen LogP contribution in [0.2, 0.25) is 5.02 Å². The van der Waals surface area contributed by atoms with E-state index in [1.54, 1.807) is 24.3 Å². The van der Waals surface area contributed by atoms with Crippen LogP contribution in [0.15, 0.2) is 53.7 Å². The van der Waals surface area contributed by atoms with Gasteiger partial charge in [0.2, 0.25) is 5.91 Å². The van der Waals surface area contributed by atoms with Gasteiger partial charge in [-0.25, -0.2) is 4.98 Å². The minimum absolute atomic E-state index is 0.143. The molecule has 1 N–H and O–H groups in total. The van der Waals surface area contributed by atoms with Gasteiger partial charge in [0, 0.05) is 12.1 Å². The number of hydrogen-bond donors (Lipinski definition) is 1. The topological polar surface area (TPSA) is 81.9 Å². The highest BCUT2D eigenvalue weighted by Gasteiger charge is 2.13. The van der Waals surface area contributed by atoms with E-state index in [-0.39, 0.29) is 18.3 Å². The normalized spacial score (nSPS) is 11.0. The molecule has 2 aromatic heterocycles. The zero-order chi connectivity index (χ0) is 20.2. The fraction of sp³-hybridized carbons (Fsp3) is 0.158. The number of thioether (sulfide) groups is 1. The van der Waals surface area contributed by atoms with Gasteiger partial charge >= 0.3 is 0 Å². The number of hydrogen-bond acceptors (Lipinski definition) is 7. The maximum absolute atomic E-state index is 12.3. The molecule has 0 unspecified atom stereocenters. The number of thiazole rings is 1. The Hall–Kier alpha value is -2.62. The van der Waals surface area contributed by atoms with Crippen LogP contribution in [0.25, 0.3) is 10.2 Å². The highest BCUT2D eigenvalue weighted by atomic mass is 35.5. The van der Waals surface area contributed by atoms with E-state index in [0.717, 1.165) is 10.2 Å². The molecular weight excluding hydrogens is 430 g/mol. The number of ether oxygens (including phenoxy) is 1. The summed E-state index contributed by atoms with van der Waals surface area (Å²) in [6.07, 6.45) is 0. The molecule has 0 saturated heterocycles. The summed E-state index contributed by atoms with van der Waals surface area (Å²) < 4.78 is 8.54. The SMILES string of the molecule is Cn1c(COc2ccc(Cl)cc2)nnc1SCC(=O)Nc1nc2ccccc2s1. The molecule has 0 saturated carbocycles. The second-order valence-electron chi connectivity index (χ2n) is 6.02. The van der Waals surface area contributed by atoms with Gasteiger partial charge in [-0.05, 0) is 36.4 Å². The lowest BCUT2D eigenvalue weighted by molar-refractivity contribution is -0.113. The van der Waals surface area contributed by atoms with Crippen molar-refractivity contribution in [2.24, 2.45) is 7.05 Å². The molecule has 0 aliphatic heterocycles. The number of nitrogens with one attached hydrogen (secondary N) is 1. The highest BCUT2D eigenvalue weighted by Crippen LogP contribution is 2.26. The summed E-state index contributed by atoms with van der Waals surface area (Å²) in [5.41, 5.74) is 0.874. The van der Waals surface area contributed by atoms with Gasteiger partial charge in [-0.15, -0.1) is 10.2 Å². The monoisotopic (exact) mass is 445 g/mol. The van der Waals surface area contributed by atoms with Crippen LogP contribution in [0.4, 0.5) is 5.13 Å². The van der Waals surface area contributed by atoms with Crippen molar-refractivity contribution in [1.82, 2.24) is 19.7 Å². The lowest BCUT2D eigenvalue weighted by atomic mass is 10.3. The number of para-hydroxylation sites is 1. The van der Waals surface area contributed by atoms with Gasteiger partial charge in [0.05, 0.1) is 16.0 Å². The minimum Gasteiger partial charge on any atom is -0.486 e. The van der Waals surface area contributed by atoms with Crippen LogP contribution < -0.4 is 10.1 Å². The number of benzene rings is 2. The number of nitrogens with zero attached hydrogens (tertiary/aromatic N) is 4. The highest BCUT2D eigenvalue weighted by molar-refractivity contribution is 7.99. The molecule has 7 nitrogen and oxygen atoms in total. The van der Waals surface area contributed by atoms with Crippen molar-refractivity contribution in [3.8, 4) is 5.75 Å². The molecule has 0 atom stereocenters. The van der Waals surface area contributed by atoms with Crippen molar-refractivity contribution in [2.45, 2.75) is 11.8 Å². The molecule has 0 fully saturated rings. The molecular formula is C19H16ClN5O2S2. The van der Waals surface area contributed by atoms with Crippen LogP contribution in [-0.2, 0) is 18.4 Å². The Morgan fingerprint density at radius 1 is 1.21 bits per heavy atom. The van der Waals surface area contributed by atoms with Crippen LogP contribution >= 0.6 is 34.7 Å². The van der Waals surface area contributed by atoms with Gasteiger partial charge in [-0.1, -0.05) is 46.8 Å². The first-order valence-electron chi connectivity index (χ1n) is 8.63. The molecule has 0 spiro atoms. The third-order valence-corrected chi connectivity index (χ3v) is 6.20. The summed E-state index contributed by atoms with van der Waals surface area (Å²) in [4.78, 5) is 16.7. The summed E-state index contributed by atoms with van der Waals surface area (Å²) in [6.45, 7) is 0.267. The Kier molecular flexibility index (Phi) is 5.98. The van der Waals surface area contributed by atoms with Gasteiger partial charge in [0.15, 0.2) is 16.1 Å². The molecule has 148 valence electrons. The number of rotatable bonds is 7. The maximum Gasteiger partial charge on any atom is 0.236 e. The van der Waals surface area contributed by atoms with Crippen molar-refractivity contribution in [1.29, 1.82) is 0 Å². The van der Waals surface area contributed by atoms with Crippen LogP contribution in [0.5, 0.6) is 5.75 Å². The third kappa shape index (κ3) is 4.87. The molecule has 2 aromatic carbocycles. The van der Waals surface area contributed by atoms with Gasteiger partial charge in [0.1, 0.15) is 12.4 Å². The lowest BCUT2D eigenvalue weighted by Gasteiger charge is -2.06. The van der Waals surface area contributed by atoms with E-state index in [4.69, 9.17) is 16.3 Å². The Morgan fingerprint density at radius 2 is 2.00 bits per heavy atom. The summed E-state index contributed by atoms with van der Waals surface area (Å²) in [5, 5.41) is 13.0. The predicted molar refractivity (Wildman–Crippen MR) is 116 cm³/mol. The molecule has 0 aliphatic rings. The van der Waals surface area contributed by atoms with Gasteiger partial charge in [-0.3, -0.25) is 4.79 Å². The second-order valence-corrected chi connectivity index (χ2v) is 8.43. The summed E-state index contributed by atoms with van der Waals surface area (Å²) >= 11 is 8.63. The first-order valence-corrected chi connectivity index (χ1v) is 10.8. The van der Waals surface area contributed by atoms with E-state index < -0.39 is 0 Å². The molecule has 4 aromatic rings. The molecule has 0 radical (unpaired) electrons. The van der Waals surface area contributed by atoms with Gasteiger partial charge < -0.3 is 14.6 Å². The van der Waals surface area contributed by atoms with Gasteiger partial charge in [-0.2, -0.15) is 0 Å². The van der Waals surface area contributed by atoms with Gasteiger partial charge in [0.25, 0.3) is 0 Å². The fourth-order valence-corrected chi connectivity index (χ4v) is 4.22. The van der Waals surface area contributed by atoms with Crippen molar-refractivity contribution in [3.05, 3.63) is 59.4 Å². The largest absolute Gasteiger partial charge is 0.486 e. The fourth-order valence-electron chi connectivity index (χ4n) is 2.49. The standard InChI is InChI=1S/C19H16ClN5O2S2/c1-25-16(10-27-13-8-6-12(20)7-9-13)23-24-19(25)28-11-17(26)22-18-21-14-4-2-3-5-15(14)29-18/h2-9H,10-11H2,1H3,(H,21,22,26). The molecule has 2 heterocycles. The smallest absolute Gasteiger partial charge is 0.236 e. The molecule has 29 heavy (non-hydrogen) atoms. The third-order valence-electron chi connectivity index (χ3n) is 3.98. The van der Waals surface area contributed by atoms with Crippen molar-refractivity contribution in [3.63, 3.8) is 0 Å². The van der Waals surface area contributed by atoms with Crippen LogP contribution in [-0.4, -0.2) is 31.4 Å². The lowest BCUT2D eigenvalue weighted by Crippen LogP contribution is -2.14. The number of fused-ring (bicyclic) bond motifs is 1. The number of aromatic nitrogens is 4. The van der Waals surface area contributed by atoms with Crippen molar-refractivity contribution < 1.29 is 9.53 Å². The van der Waals surface area contributed by atoms with Crippen LogP contribution in [0.1, 0.15) is 5.82 Å². The number of carbonyl (C=O) groups excluding carboxylic acids is 1. The average Bonchev–Trinajstić information content (AvgIpc) is 3.28. The molecule has 10 heteroatoms. The second kappa shape index (κ2) is 8.81. The van der Waals surface area contributed by atoms with Crippen LogP contribution in [0, 0.1) is 0 Å². The number of amides is 1. The summed E-state index contributed by atoms with van der Waals surface area (Å²) in [7, 11) is 1.84. The maximum atomic E-state index is 12.3. The Balaban J connectivity index is 1.31. The number of carbonyl (C=O) groups is 1. The zero-order valence-corrected chi connectivity index (χ0v) is 17.7. The van der Waals surface area contributed by atoms with E-state index in [1.807, 2.05) is 35.9 Å². The van der Waals surface area contributed by atoms with Crippen molar-refractivity contribution >= 4 is 56.0 Å². The Labute approximate surface area is 180 Å². The molecule has 4 rings (SSSR count). The zero-order valence-electron chi connectivity index (χ0n) is 15.3. The number of anilines is 1. The minimum atomic E-state index is -0.143. The average molecular weight is 446 g/mol. The molecule has 1 amide bonds. The van der Waals surface area contributed by atoms with E-state index in [1.165, 1.54) is 23.1 Å². The Bertz CT molecular complexity index is 1110. The quantitative estimate of drug-likeness (QED) is 0.425. The summed E-state index contributed by atoms with van der Waals surface area (Å²) in [6, 6.07) is 14.9. The van der Waals surface area contributed by atoms with Crippen LogP contribution in [0.3, 0.4) is 0 Å². The van der Waals surface area contributed by atoms with E-state index in [2.05, 4.69) is 20.5 Å². The van der Waals surface area contributed by atoms with E-state index >= 15 is 0 Å². The first kappa shape index (κ1) is 19.7. The van der Waals surface area contributed by atoms with Crippen molar-refractivity contribution in [2.75, 3.05) is 11.1 Å². The Morgan fingerprint density at radius 3 is 2.79 bits per heavy atom. The molecule has 0 aliphatic carbocycles. The first-order chi connectivity index (χ1) is 14.1. The predicted octanol–water partition coefficient (Wildman–Crippen LogP) is 4.39. The molecule has 0 bridgehead atoms. The number of halogens is 1. The van der Waals surface area contributed by atoms with E-state index in [9.17, 15) is 4.79 Å². The summed E-state index contributed by atoms with van der Waals surface area (Å²) in [5.74, 6) is 1.42. The van der Waals surface area contributed by atoms with E-state index in [0.29, 0.717) is 26.9 Å².